The van der Waals surface area contributed by atoms with Gasteiger partial charge >= 0.3 is 0 Å². The minimum absolute atomic E-state index is 0.0187. The van der Waals surface area contributed by atoms with Gasteiger partial charge in [-0.2, -0.15) is 5.10 Å². The summed E-state index contributed by atoms with van der Waals surface area (Å²) in [5, 5.41) is 11.4. The first-order chi connectivity index (χ1) is 16.0. The summed E-state index contributed by atoms with van der Waals surface area (Å²) in [6.45, 7) is 5.75. The third-order valence-corrected chi connectivity index (χ3v) is 7.66. The number of carbonyl (C=O) groups is 2. The highest BCUT2D eigenvalue weighted by molar-refractivity contribution is 7.17. The molecule has 2 aliphatic rings. The number of anilines is 1. The number of carbonyl (C=O) groups excluding carboxylic acids is 2. The maximum Gasteiger partial charge on any atom is 0.254 e. The van der Waals surface area contributed by atoms with Crippen LogP contribution in [0.2, 0.25) is 0 Å². The third-order valence-electron chi connectivity index (χ3n) is 6.80. The number of nitrogens with zero attached hydrogens (tertiary/aromatic N) is 3. The number of fused-ring (bicyclic) bond motifs is 2. The number of hydrogen-bond donors (Lipinski definition) is 2. The number of nitrogens with two attached hydrogens (primary N) is 1. The van der Waals surface area contributed by atoms with Gasteiger partial charge in [-0.15, -0.1) is 11.3 Å². The largest absolute Gasteiger partial charge is 0.496 e. The zero-order chi connectivity index (χ0) is 23.1. The standard InChI is InChI=1S/C24H27N5O3S/c1-3-20(30)28-9-5-14(6-10-28)17-4-8-26-24-21(23(25)31)22(27-29(17)24)15-12-18(32-2)16-7-11-33-19(16)13-15/h3,7,11-14,17,26H,1,4-6,8-10H2,2H3,(H2,25,31). The van der Waals surface area contributed by atoms with Crippen molar-refractivity contribution in [2.75, 3.05) is 32.1 Å². The zero-order valence-corrected chi connectivity index (χ0v) is 19.4. The van der Waals surface area contributed by atoms with Gasteiger partial charge in [-0.05, 0) is 54.8 Å². The second-order valence-electron chi connectivity index (χ2n) is 8.54. The number of aromatic nitrogens is 2. The van der Waals surface area contributed by atoms with Crippen molar-refractivity contribution in [3.8, 4) is 17.0 Å². The first-order valence-corrected chi connectivity index (χ1v) is 12.0. The number of thiophene rings is 1. The van der Waals surface area contributed by atoms with E-state index in [1.54, 1.807) is 18.4 Å². The number of ether oxygens (including phenoxy) is 1. The second-order valence-corrected chi connectivity index (χ2v) is 9.49. The summed E-state index contributed by atoms with van der Waals surface area (Å²) in [4.78, 5) is 26.4. The average Bonchev–Trinajstić information content (AvgIpc) is 3.47. The summed E-state index contributed by atoms with van der Waals surface area (Å²) in [6, 6.07) is 6.13. The SMILES string of the molecule is C=CC(=O)N1CCC(C2CCNc3c(C(N)=O)c(-c4cc(OC)c5ccsc5c4)nn32)CC1. The molecule has 172 valence electrons. The van der Waals surface area contributed by atoms with Crippen LogP contribution in [0.4, 0.5) is 5.82 Å². The van der Waals surface area contributed by atoms with E-state index in [2.05, 4.69) is 11.9 Å². The molecule has 3 N–H and O–H groups in total. The molecule has 1 atom stereocenters. The van der Waals surface area contributed by atoms with E-state index in [0.717, 1.165) is 47.2 Å². The fourth-order valence-corrected chi connectivity index (χ4v) is 5.99. The van der Waals surface area contributed by atoms with Crippen LogP contribution in [-0.2, 0) is 4.79 Å². The molecule has 3 aromatic rings. The van der Waals surface area contributed by atoms with Crippen molar-refractivity contribution >= 4 is 39.1 Å². The lowest BCUT2D eigenvalue weighted by Crippen LogP contribution is -2.41. The molecule has 2 aromatic heterocycles. The van der Waals surface area contributed by atoms with E-state index in [9.17, 15) is 9.59 Å². The van der Waals surface area contributed by atoms with E-state index in [-0.39, 0.29) is 11.9 Å². The Balaban J connectivity index is 1.54. The van der Waals surface area contributed by atoms with Crippen LogP contribution in [0.3, 0.4) is 0 Å². The van der Waals surface area contributed by atoms with Crippen LogP contribution in [0.25, 0.3) is 21.3 Å². The van der Waals surface area contributed by atoms with Gasteiger partial charge in [0.15, 0.2) is 0 Å². The maximum atomic E-state index is 12.6. The molecule has 1 aromatic carbocycles. The van der Waals surface area contributed by atoms with Crippen molar-refractivity contribution in [3.05, 3.63) is 41.8 Å². The topological polar surface area (TPSA) is 102 Å². The van der Waals surface area contributed by atoms with E-state index in [4.69, 9.17) is 15.6 Å². The molecule has 8 nitrogen and oxygen atoms in total. The fraction of sp³-hybridized carbons (Fsp3) is 0.375. The number of likely N-dealkylation sites (tertiary alicyclic amines) is 1. The first kappa shape index (κ1) is 21.5. The molecule has 1 saturated heterocycles. The summed E-state index contributed by atoms with van der Waals surface area (Å²) in [5.41, 5.74) is 7.66. The minimum atomic E-state index is -0.504. The maximum absolute atomic E-state index is 12.6. The van der Waals surface area contributed by atoms with Crippen molar-refractivity contribution in [2.45, 2.75) is 25.3 Å². The number of rotatable bonds is 5. The molecule has 0 saturated carbocycles. The molecule has 9 heteroatoms. The number of benzene rings is 1. The Morgan fingerprint density at radius 3 is 2.79 bits per heavy atom. The van der Waals surface area contributed by atoms with E-state index in [1.807, 2.05) is 33.2 Å². The van der Waals surface area contributed by atoms with E-state index in [0.29, 0.717) is 36.1 Å². The summed E-state index contributed by atoms with van der Waals surface area (Å²) in [5.74, 6) is 1.27. The van der Waals surface area contributed by atoms with E-state index >= 15 is 0 Å². The van der Waals surface area contributed by atoms with Gasteiger partial charge in [0.25, 0.3) is 5.91 Å². The van der Waals surface area contributed by atoms with Crippen LogP contribution in [0, 0.1) is 5.92 Å². The quantitative estimate of drug-likeness (QED) is 0.560. The summed E-state index contributed by atoms with van der Waals surface area (Å²) >= 11 is 1.62. The molecule has 0 spiro atoms. The molecule has 1 unspecified atom stereocenters. The van der Waals surface area contributed by atoms with Gasteiger partial charge in [-0.3, -0.25) is 9.59 Å². The number of piperidine rings is 1. The Hall–Kier alpha value is -3.33. The highest BCUT2D eigenvalue weighted by atomic mass is 32.1. The van der Waals surface area contributed by atoms with Gasteiger partial charge < -0.3 is 20.7 Å². The second kappa shape index (κ2) is 8.55. The number of hydrogen-bond acceptors (Lipinski definition) is 6. The minimum Gasteiger partial charge on any atom is -0.496 e. The van der Waals surface area contributed by atoms with Gasteiger partial charge in [0.1, 0.15) is 22.8 Å². The Labute approximate surface area is 196 Å². The molecule has 4 heterocycles. The van der Waals surface area contributed by atoms with Gasteiger partial charge in [-0.25, -0.2) is 4.68 Å². The smallest absolute Gasteiger partial charge is 0.254 e. The Bertz CT molecular complexity index is 1240. The Morgan fingerprint density at radius 2 is 2.09 bits per heavy atom. The zero-order valence-electron chi connectivity index (χ0n) is 18.5. The molecule has 2 aliphatic heterocycles. The monoisotopic (exact) mass is 465 g/mol. The normalized spacial score (nSPS) is 18.6. The molecular formula is C24H27N5O3S. The highest BCUT2D eigenvalue weighted by Gasteiger charge is 2.35. The lowest BCUT2D eigenvalue weighted by atomic mass is 9.87. The van der Waals surface area contributed by atoms with Crippen LogP contribution in [0.1, 0.15) is 35.7 Å². The van der Waals surface area contributed by atoms with Crippen LogP contribution in [0.15, 0.2) is 36.2 Å². The van der Waals surface area contributed by atoms with Gasteiger partial charge in [0.05, 0.1) is 13.2 Å². The van der Waals surface area contributed by atoms with E-state index < -0.39 is 5.91 Å². The van der Waals surface area contributed by atoms with Crippen LogP contribution >= 0.6 is 11.3 Å². The summed E-state index contributed by atoms with van der Waals surface area (Å²) in [7, 11) is 1.64. The molecular weight excluding hydrogens is 438 g/mol. The van der Waals surface area contributed by atoms with Crippen LogP contribution < -0.4 is 15.8 Å². The van der Waals surface area contributed by atoms with Gasteiger partial charge in [-0.1, -0.05) is 6.58 Å². The van der Waals surface area contributed by atoms with Crippen LogP contribution in [0.5, 0.6) is 5.75 Å². The summed E-state index contributed by atoms with van der Waals surface area (Å²) < 4.78 is 8.63. The third kappa shape index (κ3) is 3.66. The number of methoxy groups -OCH3 is 1. The van der Waals surface area contributed by atoms with Crippen molar-refractivity contribution < 1.29 is 14.3 Å². The molecule has 5 rings (SSSR count). The molecule has 0 aliphatic carbocycles. The Morgan fingerprint density at radius 1 is 1.30 bits per heavy atom. The fourth-order valence-electron chi connectivity index (χ4n) is 5.15. The number of nitrogens with one attached hydrogen (secondary N) is 1. The predicted octanol–water partition coefficient (Wildman–Crippen LogP) is 3.65. The van der Waals surface area contributed by atoms with Crippen LogP contribution in [-0.4, -0.2) is 53.2 Å². The Kier molecular flexibility index (Phi) is 5.57. The molecule has 0 bridgehead atoms. The summed E-state index contributed by atoms with van der Waals surface area (Å²) in [6.07, 6.45) is 4.06. The molecule has 1 fully saturated rings. The lowest BCUT2D eigenvalue weighted by Gasteiger charge is -2.38. The highest BCUT2D eigenvalue weighted by Crippen LogP contribution is 2.42. The van der Waals surface area contributed by atoms with Gasteiger partial charge in [0.2, 0.25) is 5.91 Å². The molecule has 2 amide bonds. The number of amides is 2. The van der Waals surface area contributed by atoms with Crippen molar-refractivity contribution in [1.82, 2.24) is 14.7 Å². The average molecular weight is 466 g/mol. The van der Waals surface area contributed by atoms with E-state index in [1.165, 1.54) is 6.08 Å². The predicted molar refractivity (Wildman–Crippen MR) is 130 cm³/mol. The van der Waals surface area contributed by atoms with Crippen molar-refractivity contribution in [1.29, 1.82) is 0 Å². The van der Waals surface area contributed by atoms with Crippen molar-refractivity contribution in [2.24, 2.45) is 11.7 Å². The lowest BCUT2D eigenvalue weighted by molar-refractivity contribution is -0.127. The number of primary amides is 1. The first-order valence-electron chi connectivity index (χ1n) is 11.1. The molecule has 0 radical (unpaired) electrons. The van der Waals surface area contributed by atoms with Gasteiger partial charge in [0, 0.05) is 35.3 Å². The van der Waals surface area contributed by atoms with Crippen molar-refractivity contribution in [3.63, 3.8) is 0 Å². The molecule has 33 heavy (non-hydrogen) atoms.